The quantitative estimate of drug-likeness (QED) is 0.164. The van der Waals surface area contributed by atoms with Gasteiger partial charge in [0.05, 0.1) is 30.3 Å². The molecule has 2 amide bonds. The Kier molecular flexibility index (Phi) is 11.6. The van der Waals surface area contributed by atoms with Crippen LogP contribution in [-0.2, 0) is 19.1 Å². The molecular formula is C41H51N5O8S. The summed E-state index contributed by atoms with van der Waals surface area (Å²) in [6.07, 6.45) is 10.3. The van der Waals surface area contributed by atoms with Crippen molar-refractivity contribution in [3.8, 4) is 22.9 Å². The normalized spacial score (nSPS) is 28.0. The number of allylic oxidation sites excluding steroid dienone is 1. The number of anilines is 1. The van der Waals surface area contributed by atoms with E-state index in [1.54, 1.807) is 7.11 Å². The van der Waals surface area contributed by atoms with Gasteiger partial charge < -0.3 is 35.3 Å². The SMILES string of the molecule is COc1ccc2c(O[C@H]3CC4C(=O)[C@@H](NC(=O)OC5CCCC5)CCCCC/C=C\[C@H]5C[C@@]5(C(=O)O)NC(=O)[C@@H]4C3)cc(-c3csc(NC(C)C)n3)nc2c1. The summed E-state index contributed by atoms with van der Waals surface area (Å²) in [6, 6.07) is 6.68. The van der Waals surface area contributed by atoms with E-state index in [9.17, 15) is 24.3 Å². The fourth-order valence-electron chi connectivity index (χ4n) is 8.31. The Morgan fingerprint density at radius 1 is 0.982 bits per heavy atom. The van der Waals surface area contributed by atoms with Crippen LogP contribution in [-0.4, -0.2) is 75.8 Å². The van der Waals surface area contributed by atoms with Crippen molar-refractivity contribution in [3.63, 3.8) is 0 Å². The monoisotopic (exact) mass is 773 g/mol. The van der Waals surface area contributed by atoms with Crippen LogP contribution in [0.1, 0.15) is 90.9 Å². The number of methoxy groups -OCH3 is 1. The number of Topliss-reactive ketones (excluding diaryl/α,β-unsaturated/α-hetero) is 1. The smallest absolute Gasteiger partial charge is 0.407 e. The molecule has 6 atom stereocenters. The van der Waals surface area contributed by atoms with Crippen molar-refractivity contribution in [1.82, 2.24) is 20.6 Å². The maximum atomic E-state index is 14.6. The van der Waals surface area contributed by atoms with E-state index in [-0.39, 0.29) is 43.1 Å². The number of benzene rings is 1. The molecule has 0 saturated heterocycles. The summed E-state index contributed by atoms with van der Waals surface area (Å²) in [7, 11) is 1.59. The Bertz CT molecular complexity index is 1940. The Labute approximate surface area is 325 Å². The van der Waals surface area contributed by atoms with Gasteiger partial charge in [0.1, 0.15) is 34.9 Å². The number of aliphatic carboxylic acids is 1. The lowest BCUT2D eigenvalue weighted by molar-refractivity contribution is -0.144. The molecule has 3 heterocycles. The standard InChI is InChI=1S/C41H51N5O8S/c1-23(2)42-39-44-34(22-55-39)33-20-35(28-16-15-26(52-3)19-32(28)43-33)53-27-17-29-30(18-27)37(48)46-41(38(49)50)21-24(41)11-7-5-4-6-8-14-31(36(29)47)45-40(51)54-25-12-9-10-13-25/h7,11,15-16,19-20,22-25,27,29-31H,4-6,8-10,12-14,17-18,21H2,1-3H3,(H,42,44)(H,45,51)(H,46,48)(H,49,50)/b11-7-/t24-,27-,29?,30+,31-,41+/m0/s1. The molecule has 3 saturated carbocycles. The largest absolute Gasteiger partial charge is 0.497 e. The minimum atomic E-state index is -1.42. The number of pyridine rings is 1. The van der Waals surface area contributed by atoms with Crippen molar-refractivity contribution in [1.29, 1.82) is 0 Å². The summed E-state index contributed by atoms with van der Waals surface area (Å²) in [5, 5.41) is 22.8. The van der Waals surface area contributed by atoms with Crippen LogP contribution in [0, 0.1) is 17.8 Å². The number of nitrogens with one attached hydrogen (secondary N) is 3. The Morgan fingerprint density at radius 3 is 2.53 bits per heavy atom. The minimum Gasteiger partial charge on any atom is -0.497 e. The second-order valence-corrected chi connectivity index (χ2v) is 16.6. The fraction of sp³-hybridized carbons (Fsp3) is 0.561. The molecule has 7 rings (SSSR count). The minimum absolute atomic E-state index is 0.173. The average molecular weight is 774 g/mol. The van der Waals surface area contributed by atoms with Crippen molar-refractivity contribution in [2.45, 2.75) is 121 Å². The highest BCUT2D eigenvalue weighted by atomic mass is 32.1. The van der Waals surface area contributed by atoms with Crippen LogP contribution in [0.2, 0.25) is 0 Å². The number of carboxylic acid groups (broad SMARTS) is 1. The van der Waals surface area contributed by atoms with Crippen molar-refractivity contribution in [2.24, 2.45) is 17.8 Å². The summed E-state index contributed by atoms with van der Waals surface area (Å²) < 4.78 is 18.0. The molecule has 2 aromatic heterocycles. The number of ketones is 1. The van der Waals surface area contributed by atoms with Crippen LogP contribution in [0.5, 0.6) is 11.5 Å². The van der Waals surface area contributed by atoms with Gasteiger partial charge in [-0.15, -0.1) is 11.3 Å². The van der Waals surface area contributed by atoms with Gasteiger partial charge in [-0.2, -0.15) is 0 Å². The molecule has 4 aliphatic rings. The van der Waals surface area contributed by atoms with Crippen LogP contribution in [0.25, 0.3) is 22.3 Å². The number of thiazole rings is 1. The molecule has 1 aliphatic heterocycles. The Morgan fingerprint density at radius 2 is 1.76 bits per heavy atom. The zero-order chi connectivity index (χ0) is 38.7. The van der Waals surface area contributed by atoms with Crippen molar-refractivity contribution < 1.29 is 38.5 Å². The molecule has 4 N–H and O–H groups in total. The highest BCUT2D eigenvalue weighted by Gasteiger charge is 2.61. The third kappa shape index (κ3) is 8.74. The van der Waals surface area contributed by atoms with Crippen LogP contribution >= 0.6 is 11.3 Å². The number of amides is 2. The first-order valence-corrected chi connectivity index (χ1v) is 20.5. The second kappa shape index (κ2) is 16.6. The van der Waals surface area contributed by atoms with Gasteiger partial charge in [-0.3, -0.25) is 9.59 Å². The molecule has 55 heavy (non-hydrogen) atoms. The van der Waals surface area contributed by atoms with Gasteiger partial charge in [-0.05, 0) is 90.2 Å². The third-order valence-electron chi connectivity index (χ3n) is 11.4. The van der Waals surface area contributed by atoms with Crippen molar-refractivity contribution >= 4 is 51.1 Å². The molecule has 3 fully saturated rings. The number of alkyl carbamates (subject to hydrolysis) is 1. The second-order valence-electron chi connectivity index (χ2n) is 15.7. The summed E-state index contributed by atoms with van der Waals surface area (Å²) in [5.41, 5.74) is 0.458. The topological polar surface area (TPSA) is 178 Å². The molecule has 13 nitrogen and oxygen atoms in total. The fourth-order valence-corrected chi connectivity index (χ4v) is 9.16. The van der Waals surface area contributed by atoms with E-state index in [4.69, 9.17) is 24.2 Å². The maximum Gasteiger partial charge on any atom is 0.407 e. The number of ether oxygens (including phenoxy) is 3. The number of carboxylic acids is 1. The van der Waals surface area contributed by atoms with Gasteiger partial charge in [-0.1, -0.05) is 25.0 Å². The van der Waals surface area contributed by atoms with E-state index in [0.29, 0.717) is 41.2 Å². The Hall–Kier alpha value is -4.72. The van der Waals surface area contributed by atoms with Crippen LogP contribution in [0.3, 0.4) is 0 Å². The van der Waals surface area contributed by atoms with E-state index in [1.807, 2.05) is 55.6 Å². The highest BCUT2D eigenvalue weighted by molar-refractivity contribution is 7.14. The zero-order valence-electron chi connectivity index (χ0n) is 31.7. The predicted octanol–water partition coefficient (Wildman–Crippen LogP) is 7.05. The number of nitrogens with zero attached hydrogens (tertiary/aromatic N) is 2. The van der Waals surface area contributed by atoms with Gasteiger partial charge in [0, 0.05) is 40.8 Å². The first kappa shape index (κ1) is 38.6. The Balaban J connectivity index is 1.20. The van der Waals surface area contributed by atoms with Gasteiger partial charge in [0.2, 0.25) is 5.91 Å². The van der Waals surface area contributed by atoms with E-state index in [0.717, 1.165) is 55.5 Å². The van der Waals surface area contributed by atoms with E-state index in [2.05, 4.69) is 16.0 Å². The third-order valence-corrected chi connectivity index (χ3v) is 12.1. The lowest BCUT2D eigenvalue weighted by Crippen LogP contribution is -2.50. The van der Waals surface area contributed by atoms with E-state index >= 15 is 0 Å². The number of carbonyl (C=O) groups excluding carboxylic acids is 3. The molecule has 0 radical (unpaired) electrons. The number of rotatable bonds is 9. The van der Waals surface area contributed by atoms with Gasteiger partial charge in [-0.25, -0.2) is 19.6 Å². The molecular weight excluding hydrogens is 723 g/mol. The van der Waals surface area contributed by atoms with Gasteiger partial charge in [0.25, 0.3) is 0 Å². The average Bonchev–Trinajstić information content (AvgIpc) is 3.58. The first-order valence-electron chi connectivity index (χ1n) is 19.6. The summed E-state index contributed by atoms with van der Waals surface area (Å²) in [5.74, 6) is -2.77. The number of carbonyl (C=O) groups is 4. The van der Waals surface area contributed by atoms with Crippen molar-refractivity contribution in [2.75, 3.05) is 12.4 Å². The lowest BCUT2D eigenvalue weighted by Gasteiger charge is -2.25. The summed E-state index contributed by atoms with van der Waals surface area (Å²) >= 11 is 1.48. The molecule has 0 bridgehead atoms. The van der Waals surface area contributed by atoms with Gasteiger partial charge >= 0.3 is 12.1 Å². The summed E-state index contributed by atoms with van der Waals surface area (Å²) in [6.45, 7) is 4.08. The number of hydrogen-bond acceptors (Lipinski definition) is 11. The lowest BCUT2D eigenvalue weighted by atomic mass is 9.86. The first-order chi connectivity index (χ1) is 26.5. The molecule has 0 spiro atoms. The predicted molar refractivity (Wildman–Crippen MR) is 208 cm³/mol. The summed E-state index contributed by atoms with van der Waals surface area (Å²) in [4.78, 5) is 64.2. The van der Waals surface area contributed by atoms with Crippen LogP contribution < -0.4 is 25.4 Å². The van der Waals surface area contributed by atoms with E-state index in [1.165, 1.54) is 11.3 Å². The zero-order valence-corrected chi connectivity index (χ0v) is 32.5. The molecule has 3 aromatic rings. The highest BCUT2D eigenvalue weighted by Crippen LogP contribution is 2.47. The maximum absolute atomic E-state index is 14.6. The number of hydrogen-bond donors (Lipinski definition) is 4. The molecule has 3 aliphatic carbocycles. The van der Waals surface area contributed by atoms with Crippen LogP contribution in [0.4, 0.5) is 9.93 Å². The number of aromatic nitrogens is 2. The molecule has 294 valence electrons. The number of fused-ring (bicyclic) bond motifs is 3. The van der Waals surface area contributed by atoms with Crippen molar-refractivity contribution in [3.05, 3.63) is 41.8 Å². The molecule has 1 aromatic carbocycles. The van der Waals surface area contributed by atoms with Gasteiger partial charge in [0.15, 0.2) is 10.9 Å². The van der Waals surface area contributed by atoms with Crippen LogP contribution in [0.15, 0.2) is 41.8 Å². The molecule has 1 unspecified atom stereocenters. The molecule has 14 heteroatoms. The van der Waals surface area contributed by atoms with E-state index < -0.39 is 47.5 Å².